The molecule has 19 heavy (non-hydrogen) atoms. The van der Waals surface area contributed by atoms with Gasteiger partial charge in [0.1, 0.15) is 5.82 Å². The maximum Gasteiger partial charge on any atom is 0.194 e. The molecule has 0 aliphatic heterocycles. The second-order valence-electron chi connectivity index (χ2n) is 4.19. The average molecular weight is 279 g/mol. The number of H-pyrrole nitrogens is 1. The number of aromatic nitrogens is 3. The van der Waals surface area contributed by atoms with Gasteiger partial charge in [-0.1, -0.05) is 6.07 Å². The van der Waals surface area contributed by atoms with E-state index in [4.69, 9.17) is 21.7 Å². The van der Waals surface area contributed by atoms with Gasteiger partial charge in [0.05, 0.1) is 14.2 Å². The number of benzene rings is 1. The number of aryl methyl sites for hydroxylation is 2. The maximum atomic E-state index is 5.29. The summed E-state index contributed by atoms with van der Waals surface area (Å²) in [5.74, 6) is 2.43. The summed E-state index contributed by atoms with van der Waals surface area (Å²) in [5, 5.41) is 6.98. The Morgan fingerprint density at radius 2 is 1.95 bits per heavy atom. The summed E-state index contributed by atoms with van der Waals surface area (Å²) in [7, 11) is 5.18. The predicted molar refractivity (Wildman–Crippen MR) is 75.3 cm³/mol. The molecule has 1 aromatic heterocycles. The van der Waals surface area contributed by atoms with Crippen LogP contribution in [0.3, 0.4) is 0 Å². The van der Waals surface area contributed by atoms with Gasteiger partial charge in [-0.2, -0.15) is 5.10 Å². The average Bonchev–Trinajstić information content (AvgIpc) is 2.76. The minimum atomic E-state index is 0.641. The first-order valence-corrected chi connectivity index (χ1v) is 6.37. The Kier molecular flexibility index (Phi) is 4.21. The van der Waals surface area contributed by atoms with Crippen LogP contribution in [0, 0.1) is 4.77 Å². The Labute approximate surface area is 117 Å². The zero-order valence-corrected chi connectivity index (χ0v) is 12.1. The zero-order chi connectivity index (χ0) is 13.8. The van der Waals surface area contributed by atoms with Crippen molar-refractivity contribution in [2.75, 3.05) is 14.2 Å². The van der Waals surface area contributed by atoms with Crippen molar-refractivity contribution in [1.29, 1.82) is 0 Å². The van der Waals surface area contributed by atoms with E-state index >= 15 is 0 Å². The van der Waals surface area contributed by atoms with Crippen LogP contribution in [0.2, 0.25) is 0 Å². The van der Waals surface area contributed by atoms with Crippen molar-refractivity contribution in [1.82, 2.24) is 14.8 Å². The van der Waals surface area contributed by atoms with Crippen molar-refractivity contribution in [3.05, 3.63) is 34.4 Å². The van der Waals surface area contributed by atoms with E-state index in [0.717, 1.165) is 30.2 Å². The van der Waals surface area contributed by atoms with Gasteiger partial charge in [-0.15, -0.1) is 0 Å². The summed E-state index contributed by atoms with van der Waals surface area (Å²) in [6.45, 7) is 0. The van der Waals surface area contributed by atoms with E-state index in [0.29, 0.717) is 4.77 Å². The second-order valence-corrected chi connectivity index (χ2v) is 4.58. The minimum absolute atomic E-state index is 0.641. The van der Waals surface area contributed by atoms with Crippen LogP contribution < -0.4 is 9.47 Å². The monoisotopic (exact) mass is 279 g/mol. The molecule has 0 fully saturated rings. The normalized spacial score (nSPS) is 10.5. The van der Waals surface area contributed by atoms with Crippen LogP contribution in [0.5, 0.6) is 11.5 Å². The van der Waals surface area contributed by atoms with Gasteiger partial charge in [-0.25, -0.2) is 0 Å². The van der Waals surface area contributed by atoms with Gasteiger partial charge in [0, 0.05) is 13.5 Å². The fraction of sp³-hybridized carbons (Fsp3) is 0.385. The Hall–Kier alpha value is -1.82. The number of aromatic amines is 1. The van der Waals surface area contributed by atoms with E-state index in [2.05, 4.69) is 10.2 Å². The fourth-order valence-electron chi connectivity index (χ4n) is 1.90. The van der Waals surface area contributed by atoms with Crippen LogP contribution in [-0.4, -0.2) is 29.0 Å². The summed E-state index contributed by atoms with van der Waals surface area (Å²) < 4.78 is 13.0. The minimum Gasteiger partial charge on any atom is -0.493 e. The molecule has 1 aromatic carbocycles. The zero-order valence-electron chi connectivity index (χ0n) is 11.3. The number of methoxy groups -OCH3 is 2. The summed E-state index contributed by atoms with van der Waals surface area (Å²) in [6, 6.07) is 5.93. The molecule has 0 aliphatic carbocycles. The molecule has 6 heteroatoms. The molecular weight excluding hydrogens is 262 g/mol. The van der Waals surface area contributed by atoms with Crippen LogP contribution in [0.25, 0.3) is 0 Å². The van der Waals surface area contributed by atoms with Crippen molar-refractivity contribution < 1.29 is 9.47 Å². The molecule has 1 heterocycles. The summed E-state index contributed by atoms with van der Waals surface area (Å²) in [4.78, 5) is 0. The van der Waals surface area contributed by atoms with Gasteiger partial charge in [0.25, 0.3) is 0 Å². The summed E-state index contributed by atoms with van der Waals surface area (Å²) in [5.41, 5.74) is 1.17. The number of nitrogens with zero attached hydrogens (tertiary/aromatic N) is 2. The molecule has 0 aliphatic rings. The lowest BCUT2D eigenvalue weighted by atomic mass is 10.1. The SMILES string of the molecule is COc1ccc(CCc2n[nH]c(=S)n2C)cc1OC. The molecule has 2 aromatic rings. The highest BCUT2D eigenvalue weighted by molar-refractivity contribution is 7.71. The van der Waals surface area contributed by atoms with E-state index in [1.807, 2.05) is 29.8 Å². The molecule has 0 spiro atoms. The standard InChI is InChI=1S/C13H17N3O2S/c1-16-12(14-15-13(16)19)7-5-9-4-6-10(17-2)11(8-9)18-3/h4,6,8H,5,7H2,1-3H3,(H,15,19). The highest BCUT2D eigenvalue weighted by Crippen LogP contribution is 2.27. The number of hydrogen-bond acceptors (Lipinski definition) is 4. The number of nitrogens with one attached hydrogen (secondary N) is 1. The van der Waals surface area contributed by atoms with Gasteiger partial charge in [0.15, 0.2) is 16.3 Å². The topological polar surface area (TPSA) is 52.1 Å². The summed E-state index contributed by atoms with van der Waals surface area (Å²) in [6.07, 6.45) is 1.69. The molecule has 0 saturated heterocycles. The molecule has 0 amide bonds. The lowest BCUT2D eigenvalue weighted by molar-refractivity contribution is 0.354. The van der Waals surface area contributed by atoms with Crippen LogP contribution in [0.4, 0.5) is 0 Å². The van der Waals surface area contributed by atoms with Crippen LogP contribution in [0.15, 0.2) is 18.2 Å². The second kappa shape index (κ2) is 5.88. The van der Waals surface area contributed by atoms with Gasteiger partial charge in [-0.05, 0) is 36.3 Å². The Morgan fingerprint density at radius 3 is 2.53 bits per heavy atom. The van der Waals surface area contributed by atoms with E-state index in [1.165, 1.54) is 5.56 Å². The van der Waals surface area contributed by atoms with Crippen molar-refractivity contribution in [3.63, 3.8) is 0 Å². The lowest BCUT2D eigenvalue weighted by Crippen LogP contribution is -2.01. The first kappa shape index (κ1) is 13.6. The third kappa shape index (κ3) is 2.96. The molecule has 1 N–H and O–H groups in total. The molecule has 0 unspecified atom stereocenters. The van der Waals surface area contributed by atoms with Gasteiger partial charge in [0.2, 0.25) is 0 Å². The predicted octanol–water partition coefficient (Wildman–Crippen LogP) is 2.28. The third-order valence-electron chi connectivity index (χ3n) is 3.06. The molecular formula is C13H17N3O2S. The van der Waals surface area contributed by atoms with Crippen LogP contribution >= 0.6 is 12.2 Å². The largest absolute Gasteiger partial charge is 0.493 e. The quantitative estimate of drug-likeness (QED) is 0.853. The first-order valence-electron chi connectivity index (χ1n) is 5.97. The highest BCUT2D eigenvalue weighted by atomic mass is 32.1. The van der Waals surface area contributed by atoms with E-state index < -0.39 is 0 Å². The highest BCUT2D eigenvalue weighted by Gasteiger charge is 2.07. The number of rotatable bonds is 5. The molecule has 5 nitrogen and oxygen atoms in total. The van der Waals surface area contributed by atoms with E-state index in [1.54, 1.807) is 14.2 Å². The number of ether oxygens (including phenoxy) is 2. The summed E-state index contributed by atoms with van der Waals surface area (Å²) >= 11 is 5.09. The Bertz CT molecular complexity index is 619. The van der Waals surface area contributed by atoms with Crippen molar-refractivity contribution >= 4 is 12.2 Å². The van der Waals surface area contributed by atoms with Gasteiger partial charge < -0.3 is 14.0 Å². The molecule has 0 atom stereocenters. The van der Waals surface area contributed by atoms with Gasteiger partial charge in [-0.3, -0.25) is 5.10 Å². The van der Waals surface area contributed by atoms with E-state index in [-0.39, 0.29) is 0 Å². The van der Waals surface area contributed by atoms with Crippen molar-refractivity contribution in [3.8, 4) is 11.5 Å². The van der Waals surface area contributed by atoms with Crippen molar-refractivity contribution in [2.24, 2.45) is 7.05 Å². The smallest absolute Gasteiger partial charge is 0.194 e. The third-order valence-corrected chi connectivity index (χ3v) is 3.42. The maximum absolute atomic E-state index is 5.29. The van der Waals surface area contributed by atoms with Gasteiger partial charge >= 0.3 is 0 Å². The van der Waals surface area contributed by atoms with E-state index in [9.17, 15) is 0 Å². The molecule has 0 bridgehead atoms. The van der Waals surface area contributed by atoms with Crippen molar-refractivity contribution in [2.45, 2.75) is 12.8 Å². The molecule has 0 saturated carbocycles. The van der Waals surface area contributed by atoms with Crippen LogP contribution in [-0.2, 0) is 19.9 Å². The number of hydrogen-bond donors (Lipinski definition) is 1. The molecule has 0 radical (unpaired) electrons. The Balaban J connectivity index is 2.11. The molecule has 102 valence electrons. The van der Waals surface area contributed by atoms with Crippen LogP contribution in [0.1, 0.15) is 11.4 Å². The lowest BCUT2D eigenvalue weighted by Gasteiger charge is -2.09. The fourth-order valence-corrected chi connectivity index (χ4v) is 2.05. The molecule has 2 rings (SSSR count). The Morgan fingerprint density at radius 1 is 1.21 bits per heavy atom. The first-order chi connectivity index (χ1) is 9.15.